The van der Waals surface area contributed by atoms with Crippen LogP contribution < -0.4 is 20.5 Å². The van der Waals surface area contributed by atoms with E-state index < -0.39 is 16.1 Å². The number of primary sulfonamides is 1. The zero-order valence-electron chi connectivity index (χ0n) is 16.7. The van der Waals surface area contributed by atoms with Crippen LogP contribution in [0.5, 0.6) is 5.75 Å². The summed E-state index contributed by atoms with van der Waals surface area (Å²) in [5.41, 5.74) is 0.830. The number of carbonyl (C=O) groups excluding carboxylic acids is 2. The van der Waals surface area contributed by atoms with Gasteiger partial charge in [0.25, 0.3) is 0 Å². The first kappa shape index (κ1) is 23.6. The molecule has 0 aliphatic rings. The molecular formula is C19H23ClN4O5S. The minimum absolute atomic E-state index is 0.0567. The van der Waals surface area contributed by atoms with E-state index in [-0.39, 0.29) is 23.3 Å². The summed E-state index contributed by atoms with van der Waals surface area (Å²) in [4.78, 5) is 26.3. The zero-order valence-corrected chi connectivity index (χ0v) is 18.3. The van der Waals surface area contributed by atoms with Gasteiger partial charge < -0.3 is 15.4 Å². The molecule has 0 bridgehead atoms. The van der Waals surface area contributed by atoms with Crippen LogP contribution in [0.25, 0.3) is 0 Å². The Labute approximate surface area is 180 Å². The molecule has 0 aliphatic heterocycles. The third-order valence-electron chi connectivity index (χ3n) is 4.32. The molecule has 1 atom stereocenters. The standard InChI is InChI=1S/C19H23ClN4O5S/c1-12(19(26)22-14-5-7-15(8-6-14)30(21,27)28)24(2)11-18(25)23-16-10-13(20)4-9-17(16)29-3/h4-10,12H,11H2,1-3H3,(H,22,26)(H,23,25)(H2,21,27,28). The van der Waals surface area contributed by atoms with Gasteiger partial charge in [0.05, 0.1) is 30.3 Å². The second-order valence-electron chi connectivity index (χ2n) is 6.54. The first-order valence-electron chi connectivity index (χ1n) is 8.78. The Bertz CT molecular complexity index is 1030. The molecule has 1 unspecified atom stereocenters. The average Bonchev–Trinajstić information content (AvgIpc) is 2.67. The van der Waals surface area contributed by atoms with E-state index in [1.165, 1.54) is 31.4 Å². The third-order valence-corrected chi connectivity index (χ3v) is 5.48. The number of sulfonamides is 1. The summed E-state index contributed by atoms with van der Waals surface area (Å²) in [5, 5.41) is 10.9. The molecule has 2 amide bonds. The molecule has 11 heteroatoms. The third kappa shape index (κ3) is 6.42. The smallest absolute Gasteiger partial charge is 0.241 e. The number of methoxy groups -OCH3 is 1. The number of amides is 2. The number of nitrogens with one attached hydrogen (secondary N) is 2. The number of likely N-dealkylation sites (N-methyl/N-ethyl adjacent to an activating group) is 1. The summed E-state index contributed by atoms with van der Waals surface area (Å²) in [5.74, 6) is -0.256. The highest BCUT2D eigenvalue weighted by atomic mass is 35.5. The Hall–Kier alpha value is -2.66. The lowest BCUT2D eigenvalue weighted by Gasteiger charge is -2.23. The second kappa shape index (κ2) is 9.90. The number of halogens is 1. The molecule has 0 spiro atoms. The quantitative estimate of drug-likeness (QED) is 0.558. The number of hydrogen-bond acceptors (Lipinski definition) is 6. The Balaban J connectivity index is 1.96. The van der Waals surface area contributed by atoms with Crippen LogP contribution in [0, 0.1) is 0 Å². The van der Waals surface area contributed by atoms with Crippen molar-refractivity contribution in [3.8, 4) is 5.75 Å². The zero-order chi connectivity index (χ0) is 22.5. The van der Waals surface area contributed by atoms with Crippen molar-refractivity contribution in [2.75, 3.05) is 31.3 Å². The molecule has 0 saturated carbocycles. The van der Waals surface area contributed by atoms with Crippen molar-refractivity contribution in [1.82, 2.24) is 4.90 Å². The van der Waals surface area contributed by atoms with Crippen molar-refractivity contribution in [3.05, 3.63) is 47.5 Å². The van der Waals surface area contributed by atoms with Crippen molar-refractivity contribution in [1.29, 1.82) is 0 Å². The maximum absolute atomic E-state index is 12.5. The molecule has 2 aromatic carbocycles. The van der Waals surface area contributed by atoms with E-state index in [0.29, 0.717) is 22.1 Å². The van der Waals surface area contributed by atoms with Crippen molar-refractivity contribution in [2.24, 2.45) is 5.14 Å². The molecular weight excluding hydrogens is 432 g/mol. The Kier molecular flexibility index (Phi) is 7.79. The number of hydrogen-bond donors (Lipinski definition) is 3. The Morgan fingerprint density at radius 1 is 1.17 bits per heavy atom. The van der Waals surface area contributed by atoms with E-state index in [2.05, 4.69) is 10.6 Å². The summed E-state index contributed by atoms with van der Waals surface area (Å²) in [6, 6.07) is 9.67. The van der Waals surface area contributed by atoms with E-state index in [1.54, 1.807) is 37.1 Å². The number of ether oxygens (including phenoxy) is 1. The number of anilines is 2. The Morgan fingerprint density at radius 3 is 2.37 bits per heavy atom. The lowest BCUT2D eigenvalue weighted by atomic mass is 10.2. The minimum Gasteiger partial charge on any atom is -0.495 e. The predicted molar refractivity (Wildman–Crippen MR) is 115 cm³/mol. The fourth-order valence-corrected chi connectivity index (χ4v) is 3.19. The summed E-state index contributed by atoms with van der Waals surface area (Å²) in [7, 11) is -0.700. The van der Waals surface area contributed by atoms with Gasteiger partial charge in [-0.3, -0.25) is 14.5 Å². The van der Waals surface area contributed by atoms with Crippen molar-refractivity contribution < 1.29 is 22.7 Å². The molecule has 0 aliphatic carbocycles. The van der Waals surface area contributed by atoms with Gasteiger partial charge in [-0.15, -0.1) is 0 Å². The summed E-state index contributed by atoms with van der Waals surface area (Å²) in [6.07, 6.45) is 0. The van der Waals surface area contributed by atoms with Crippen LogP contribution in [-0.2, 0) is 19.6 Å². The number of rotatable bonds is 8. The second-order valence-corrected chi connectivity index (χ2v) is 8.54. The molecule has 4 N–H and O–H groups in total. The van der Waals surface area contributed by atoms with Gasteiger partial charge >= 0.3 is 0 Å². The molecule has 0 fully saturated rings. The van der Waals surface area contributed by atoms with E-state index in [1.807, 2.05) is 0 Å². The maximum atomic E-state index is 12.5. The van der Waals surface area contributed by atoms with Gasteiger partial charge in [0.15, 0.2) is 0 Å². The molecule has 30 heavy (non-hydrogen) atoms. The van der Waals surface area contributed by atoms with E-state index in [9.17, 15) is 18.0 Å². The fourth-order valence-electron chi connectivity index (χ4n) is 2.51. The van der Waals surface area contributed by atoms with Crippen molar-refractivity contribution in [2.45, 2.75) is 17.9 Å². The topological polar surface area (TPSA) is 131 Å². The first-order valence-corrected chi connectivity index (χ1v) is 10.7. The Morgan fingerprint density at radius 2 is 1.80 bits per heavy atom. The molecule has 162 valence electrons. The van der Waals surface area contributed by atoms with Crippen LogP contribution in [0.2, 0.25) is 5.02 Å². The van der Waals surface area contributed by atoms with Crippen LogP contribution >= 0.6 is 11.6 Å². The van der Waals surface area contributed by atoms with Crippen LogP contribution in [0.1, 0.15) is 6.92 Å². The molecule has 2 aromatic rings. The number of carbonyl (C=O) groups is 2. The highest BCUT2D eigenvalue weighted by Gasteiger charge is 2.21. The average molecular weight is 455 g/mol. The summed E-state index contributed by atoms with van der Waals surface area (Å²) in [6.45, 7) is 1.58. The molecule has 9 nitrogen and oxygen atoms in total. The van der Waals surface area contributed by atoms with Crippen LogP contribution in [0.15, 0.2) is 47.4 Å². The van der Waals surface area contributed by atoms with Crippen molar-refractivity contribution in [3.63, 3.8) is 0 Å². The highest BCUT2D eigenvalue weighted by molar-refractivity contribution is 7.89. The molecule has 0 aromatic heterocycles. The predicted octanol–water partition coefficient (Wildman–Crippen LogP) is 1.89. The SMILES string of the molecule is COc1ccc(Cl)cc1NC(=O)CN(C)C(C)C(=O)Nc1ccc(S(N)(=O)=O)cc1. The molecule has 0 radical (unpaired) electrons. The van der Waals surface area contributed by atoms with Crippen LogP contribution in [0.4, 0.5) is 11.4 Å². The normalized spacial score (nSPS) is 12.3. The van der Waals surface area contributed by atoms with Gasteiger partial charge in [-0.25, -0.2) is 13.6 Å². The first-order chi connectivity index (χ1) is 14.0. The number of benzene rings is 2. The van der Waals surface area contributed by atoms with E-state index in [0.717, 1.165) is 0 Å². The van der Waals surface area contributed by atoms with Crippen LogP contribution in [-0.4, -0.2) is 51.9 Å². The van der Waals surface area contributed by atoms with Gasteiger partial charge in [0, 0.05) is 10.7 Å². The van der Waals surface area contributed by atoms with Crippen LogP contribution in [0.3, 0.4) is 0 Å². The molecule has 0 heterocycles. The monoisotopic (exact) mass is 454 g/mol. The van der Waals surface area contributed by atoms with Gasteiger partial charge in [-0.1, -0.05) is 11.6 Å². The van der Waals surface area contributed by atoms with Gasteiger partial charge in [0.1, 0.15) is 5.75 Å². The van der Waals surface area contributed by atoms with Crippen molar-refractivity contribution >= 4 is 44.8 Å². The van der Waals surface area contributed by atoms with E-state index >= 15 is 0 Å². The minimum atomic E-state index is -3.81. The molecule has 2 rings (SSSR count). The van der Waals surface area contributed by atoms with E-state index in [4.69, 9.17) is 21.5 Å². The lowest BCUT2D eigenvalue weighted by molar-refractivity contribution is -0.122. The fraction of sp³-hybridized carbons (Fsp3) is 0.263. The summed E-state index contributed by atoms with van der Waals surface area (Å²) < 4.78 is 27.8. The largest absolute Gasteiger partial charge is 0.495 e. The number of nitrogens with zero attached hydrogens (tertiary/aromatic N) is 1. The van der Waals surface area contributed by atoms with Gasteiger partial charge in [0.2, 0.25) is 21.8 Å². The highest BCUT2D eigenvalue weighted by Crippen LogP contribution is 2.27. The molecule has 0 saturated heterocycles. The summed E-state index contributed by atoms with van der Waals surface area (Å²) >= 11 is 5.96. The lowest BCUT2D eigenvalue weighted by Crippen LogP contribution is -2.43. The van der Waals surface area contributed by atoms with Gasteiger partial charge in [-0.2, -0.15) is 0 Å². The number of nitrogens with two attached hydrogens (primary N) is 1. The maximum Gasteiger partial charge on any atom is 0.241 e. The van der Waals surface area contributed by atoms with Gasteiger partial charge in [-0.05, 0) is 56.4 Å².